The highest BCUT2D eigenvalue weighted by Gasteiger charge is 2.28. The molecule has 138 valence electrons. The van der Waals surface area contributed by atoms with Gasteiger partial charge in [0.1, 0.15) is 15.1 Å². The van der Waals surface area contributed by atoms with Crippen molar-refractivity contribution in [1.29, 1.82) is 0 Å². The number of halogens is 2. The fourth-order valence-electron chi connectivity index (χ4n) is 3.16. The third-order valence-electron chi connectivity index (χ3n) is 4.56. The first-order chi connectivity index (χ1) is 13.1. The molecule has 0 N–H and O–H groups in total. The Balaban J connectivity index is 1.68. The molecule has 27 heavy (non-hydrogen) atoms. The Hall–Kier alpha value is -2.43. The topological polar surface area (TPSA) is 76.9 Å². The van der Waals surface area contributed by atoms with Crippen LogP contribution < -0.4 is 9.64 Å². The van der Waals surface area contributed by atoms with Crippen LogP contribution in [0.25, 0.3) is 11.6 Å². The van der Waals surface area contributed by atoms with Gasteiger partial charge in [0.2, 0.25) is 5.95 Å². The molecule has 4 rings (SSSR count). The Morgan fingerprint density at radius 1 is 1.19 bits per heavy atom. The lowest BCUT2D eigenvalue weighted by atomic mass is 9.99. The van der Waals surface area contributed by atoms with Crippen molar-refractivity contribution in [3.63, 3.8) is 0 Å². The van der Waals surface area contributed by atoms with E-state index in [0.29, 0.717) is 39.8 Å². The maximum absolute atomic E-state index is 14.2. The molecule has 0 spiro atoms. The summed E-state index contributed by atoms with van der Waals surface area (Å²) in [6, 6.07) is 3.47. The Kier molecular flexibility index (Phi) is 4.85. The van der Waals surface area contributed by atoms with Crippen molar-refractivity contribution in [1.82, 2.24) is 24.9 Å². The molecule has 4 heterocycles. The number of ether oxygens (including phenoxy) is 1. The SMILES string of the molecule is COc1cc(N2CCc3nc(-c4ncccn4)ncc3C2C)nc(F)c1I. The molecule has 3 aromatic rings. The van der Waals surface area contributed by atoms with Crippen molar-refractivity contribution in [3.05, 3.63) is 51.5 Å². The van der Waals surface area contributed by atoms with Crippen LogP contribution in [0.15, 0.2) is 30.7 Å². The molecule has 0 amide bonds. The monoisotopic (exact) mass is 478 g/mol. The van der Waals surface area contributed by atoms with Crippen LogP contribution in [0.3, 0.4) is 0 Å². The molecule has 1 unspecified atom stereocenters. The molecule has 1 aliphatic heterocycles. The summed E-state index contributed by atoms with van der Waals surface area (Å²) in [4.78, 5) is 23.6. The van der Waals surface area contributed by atoms with E-state index in [2.05, 4.69) is 24.9 Å². The summed E-state index contributed by atoms with van der Waals surface area (Å²) in [5, 5.41) is 0. The van der Waals surface area contributed by atoms with Crippen molar-refractivity contribution in [3.8, 4) is 17.4 Å². The lowest BCUT2D eigenvalue weighted by Gasteiger charge is -2.35. The fourth-order valence-corrected chi connectivity index (χ4v) is 3.66. The number of hydrogen-bond donors (Lipinski definition) is 0. The van der Waals surface area contributed by atoms with Crippen LogP contribution in [0.5, 0.6) is 5.75 Å². The predicted molar refractivity (Wildman–Crippen MR) is 106 cm³/mol. The zero-order valence-corrected chi connectivity index (χ0v) is 16.9. The van der Waals surface area contributed by atoms with Crippen LogP contribution in [0.1, 0.15) is 24.2 Å². The largest absolute Gasteiger partial charge is 0.495 e. The molecular formula is C18H16FIN6O. The molecule has 0 bridgehead atoms. The van der Waals surface area contributed by atoms with E-state index in [1.54, 1.807) is 30.7 Å². The fraction of sp³-hybridized carbons (Fsp3) is 0.278. The van der Waals surface area contributed by atoms with E-state index in [0.717, 1.165) is 11.3 Å². The number of fused-ring (bicyclic) bond motifs is 1. The lowest BCUT2D eigenvalue weighted by Crippen LogP contribution is -2.35. The molecule has 3 aromatic heterocycles. The average molecular weight is 478 g/mol. The van der Waals surface area contributed by atoms with Crippen LogP contribution in [0.4, 0.5) is 10.2 Å². The summed E-state index contributed by atoms with van der Waals surface area (Å²) in [5.74, 6) is 1.50. The zero-order chi connectivity index (χ0) is 19.0. The second-order valence-corrected chi connectivity index (χ2v) is 7.15. The minimum absolute atomic E-state index is 0.0452. The highest BCUT2D eigenvalue weighted by Crippen LogP contribution is 2.35. The van der Waals surface area contributed by atoms with Gasteiger partial charge in [0.15, 0.2) is 11.6 Å². The van der Waals surface area contributed by atoms with Crippen LogP contribution in [0.2, 0.25) is 0 Å². The Bertz CT molecular complexity index is 987. The quantitative estimate of drug-likeness (QED) is 0.423. The average Bonchev–Trinajstić information content (AvgIpc) is 2.70. The Labute approximate surface area is 169 Å². The molecule has 9 heteroatoms. The van der Waals surface area contributed by atoms with Gasteiger partial charge < -0.3 is 9.64 Å². The Morgan fingerprint density at radius 2 is 1.96 bits per heavy atom. The number of anilines is 1. The number of hydrogen-bond acceptors (Lipinski definition) is 7. The molecule has 1 atom stereocenters. The minimum atomic E-state index is -0.532. The molecule has 0 aliphatic carbocycles. The smallest absolute Gasteiger partial charge is 0.232 e. The van der Waals surface area contributed by atoms with Crippen LogP contribution in [-0.4, -0.2) is 38.6 Å². The van der Waals surface area contributed by atoms with E-state index in [9.17, 15) is 4.39 Å². The zero-order valence-electron chi connectivity index (χ0n) is 14.7. The number of methoxy groups -OCH3 is 1. The maximum Gasteiger partial charge on any atom is 0.232 e. The van der Waals surface area contributed by atoms with Crippen LogP contribution in [0, 0.1) is 9.52 Å². The van der Waals surface area contributed by atoms with Gasteiger partial charge in [0, 0.05) is 43.2 Å². The summed E-state index contributed by atoms with van der Waals surface area (Å²) in [6.07, 6.45) is 5.82. The van der Waals surface area contributed by atoms with E-state index in [1.165, 1.54) is 7.11 Å². The normalized spacial score (nSPS) is 16.1. The highest BCUT2D eigenvalue weighted by molar-refractivity contribution is 14.1. The van der Waals surface area contributed by atoms with E-state index in [-0.39, 0.29) is 6.04 Å². The van der Waals surface area contributed by atoms with E-state index < -0.39 is 5.95 Å². The lowest BCUT2D eigenvalue weighted by molar-refractivity contribution is 0.404. The van der Waals surface area contributed by atoms with Gasteiger partial charge in [0.25, 0.3) is 0 Å². The van der Waals surface area contributed by atoms with Gasteiger partial charge in [-0.25, -0.2) is 24.9 Å². The van der Waals surface area contributed by atoms with Crippen LogP contribution in [-0.2, 0) is 6.42 Å². The van der Waals surface area contributed by atoms with Crippen molar-refractivity contribution in [2.24, 2.45) is 0 Å². The molecule has 0 radical (unpaired) electrons. The number of pyridine rings is 1. The summed E-state index contributed by atoms with van der Waals surface area (Å²) in [6.45, 7) is 2.69. The molecule has 7 nitrogen and oxygen atoms in total. The van der Waals surface area contributed by atoms with Gasteiger partial charge in [-0.2, -0.15) is 4.39 Å². The third kappa shape index (κ3) is 3.31. The molecule has 0 saturated carbocycles. The second-order valence-electron chi connectivity index (χ2n) is 6.07. The highest BCUT2D eigenvalue weighted by atomic mass is 127. The van der Waals surface area contributed by atoms with Gasteiger partial charge in [0.05, 0.1) is 18.8 Å². The number of rotatable bonds is 3. The van der Waals surface area contributed by atoms with Crippen molar-refractivity contribution in [2.75, 3.05) is 18.6 Å². The van der Waals surface area contributed by atoms with E-state index >= 15 is 0 Å². The van der Waals surface area contributed by atoms with Crippen molar-refractivity contribution in [2.45, 2.75) is 19.4 Å². The summed E-state index contributed by atoms with van der Waals surface area (Å²) < 4.78 is 19.8. The van der Waals surface area contributed by atoms with Gasteiger partial charge in [-0.15, -0.1) is 0 Å². The Morgan fingerprint density at radius 3 is 2.70 bits per heavy atom. The van der Waals surface area contributed by atoms with Gasteiger partial charge in [-0.1, -0.05) is 0 Å². The van der Waals surface area contributed by atoms with E-state index in [1.807, 2.05) is 34.4 Å². The first-order valence-electron chi connectivity index (χ1n) is 8.38. The van der Waals surface area contributed by atoms with Crippen LogP contribution >= 0.6 is 22.6 Å². The first kappa shape index (κ1) is 18.0. The maximum atomic E-state index is 14.2. The molecular weight excluding hydrogens is 462 g/mol. The third-order valence-corrected chi connectivity index (χ3v) is 5.53. The molecule has 1 aliphatic rings. The van der Waals surface area contributed by atoms with Crippen molar-refractivity contribution >= 4 is 28.4 Å². The summed E-state index contributed by atoms with van der Waals surface area (Å²) in [7, 11) is 1.52. The molecule has 0 aromatic carbocycles. The molecule has 0 fully saturated rings. The van der Waals surface area contributed by atoms with Gasteiger partial charge in [-0.3, -0.25) is 0 Å². The summed E-state index contributed by atoms with van der Waals surface area (Å²) in [5.41, 5.74) is 1.94. The first-order valence-corrected chi connectivity index (χ1v) is 9.46. The predicted octanol–water partition coefficient (Wildman–Crippen LogP) is 3.20. The second kappa shape index (κ2) is 7.29. The van der Waals surface area contributed by atoms with E-state index in [4.69, 9.17) is 4.74 Å². The minimum Gasteiger partial charge on any atom is -0.495 e. The van der Waals surface area contributed by atoms with Gasteiger partial charge in [-0.05, 0) is 35.6 Å². The van der Waals surface area contributed by atoms with Crippen molar-refractivity contribution < 1.29 is 9.13 Å². The standard InChI is InChI=1S/C18H16FIN6O/c1-10-11-9-23-18(17-21-5-3-6-22-17)24-12(11)4-7-26(10)14-8-13(27-2)15(20)16(19)25-14/h3,5-6,8-10H,4,7H2,1-2H3. The number of aromatic nitrogens is 5. The number of nitrogens with zero attached hydrogens (tertiary/aromatic N) is 6. The molecule has 0 saturated heterocycles. The van der Waals surface area contributed by atoms with Gasteiger partial charge >= 0.3 is 0 Å². The summed E-state index contributed by atoms with van der Waals surface area (Å²) >= 11 is 1.89.